The van der Waals surface area contributed by atoms with Crippen molar-refractivity contribution in [2.75, 3.05) is 5.32 Å². The largest absolute Gasteiger partial charge is 0.481 e. The van der Waals surface area contributed by atoms with Crippen LogP contribution >= 0.6 is 23.2 Å². The molecule has 0 saturated carbocycles. The number of carboxylic acid groups (broad SMARTS) is 1. The second-order valence-corrected chi connectivity index (χ2v) is 5.49. The lowest BCUT2D eigenvalue weighted by molar-refractivity contribution is -0.138. The van der Waals surface area contributed by atoms with Crippen LogP contribution in [0.25, 0.3) is 0 Å². The highest BCUT2D eigenvalue weighted by Crippen LogP contribution is 2.32. The number of benzene rings is 2. The van der Waals surface area contributed by atoms with Gasteiger partial charge in [-0.15, -0.1) is 0 Å². The number of rotatable bonds is 6. The summed E-state index contributed by atoms with van der Waals surface area (Å²) in [5.41, 5.74) is 0.467. The molecule has 0 unspecified atom stereocenters. The Labute approximate surface area is 142 Å². The molecule has 0 aromatic heterocycles. The third-order valence-electron chi connectivity index (χ3n) is 2.82. The van der Waals surface area contributed by atoms with E-state index in [0.717, 1.165) is 0 Å². The monoisotopic (exact) mass is 353 g/mol. The lowest BCUT2D eigenvalue weighted by Gasteiger charge is -2.10. The van der Waals surface area contributed by atoms with Gasteiger partial charge in [0.05, 0.1) is 11.4 Å². The Morgan fingerprint density at radius 3 is 2.35 bits per heavy atom. The lowest BCUT2D eigenvalue weighted by Crippen LogP contribution is -2.13. The summed E-state index contributed by atoms with van der Waals surface area (Å²) in [4.78, 5) is 22.0. The number of amides is 1. The third-order valence-corrected chi connectivity index (χ3v) is 3.37. The summed E-state index contributed by atoms with van der Waals surface area (Å²) < 4.78 is 5.62. The van der Waals surface area contributed by atoms with Gasteiger partial charge in [0.25, 0.3) is 0 Å². The first-order valence-electron chi connectivity index (χ1n) is 6.68. The molecular formula is C16H13Cl2NO4. The number of nitrogens with one attached hydrogen (secondary N) is 1. The van der Waals surface area contributed by atoms with Crippen molar-refractivity contribution in [3.63, 3.8) is 0 Å². The molecule has 23 heavy (non-hydrogen) atoms. The lowest BCUT2D eigenvalue weighted by atomic mass is 10.2. The Morgan fingerprint density at radius 2 is 1.74 bits per heavy atom. The maximum absolute atomic E-state index is 11.6. The van der Waals surface area contributed by atoms with Gasteiger partial charge < -0.3 is 15.2 Å². The fourth-order valence-corrected chi connectivity index (χ4v) is 2.08. The van der Waals surface area contributed by atoms with E-state index in [4.69, 9.17) is 33.0 Å². The molecule has 2 aromatic carbocycles. The second kappa shape index (κ2) is 7.85. The Morgan fingerprint density at radius 1 is 1.04 bits per heavy atom. The van der Waals surface area contributed by atoms with Crippen LogP contribution in [-0.4, -0.2) is 17.0 Å². The molecule has 0 radical (unpaired) electrons. The predicted molar refractivity (Wildman–Crippen MR) is 88.5 cm³/mol. The number of hydrogen-bond acceptors (Lipinski definition) is 3. The molecule has 0 spiro atoms. The standard InChI is InChI=1S/C16H13Cl2NO4/c17-10-1-4-12(5-2-10)23-14-6-3-11(9-13(14)18)19-15(20)7-8-16(21)22/h1-6,9H,7-8H2,(H,19,20)(H,21,22). The minimum absolute atomic E-state index is 0.101. The fourth-order valence-electron chi connectivity index (χ4n) is 1.73. The average Bonchev–Trinajstić information content (AvgIpc) is 2.50. The molecule has 0 saturated heterocycles. The van der Waals surface area contributed by atoms with Crippen molar-refractivity contribution in [2.24, 2.45) is 0 Å². The number of carbonyl (C=O) groups excluding carboxylic acids is 1. The number of halogens is 2. The molecule has 2 rings (SSSR count). The number of carboxylic acids is 1. The first-order valence-corrected chi connectivity index (χ1v) is 7.44. The van der Waals surface area contributed by atoms with Gasteiger partial charge in [-0.1, -0.05) is 23.2 Å². The topological polar surface area (TPSA) is 75.6 Å². The molecule has 120 valence electrons. The molecule has 0 bridgehead atoms. The first-order chi connectivity index (χ1) is 10.9. The number of carbonyl (C=O) groups is 2. The molecule has 0 heterocycles. The smallest absolute Gasteiger partial charge is 0.303 e. The third kappa shape index (κ3) is 5.47. The van der Waals surface area contributed by atoms with E-state index in [9.17, 15) is 9.59 Å². The maximum atomic E-state index is 11.6. The number of aliphatic carboxylic acids is 1. The van der Waals surface area contributed by atoms with Crippen LogP contribution in [0.4, 0.5) is 5.69 Å². The van der Waals surface area contributed by atoms with Crippen LogP contribution < -0.4 is 10.1 Å². The van der Waals surface area contributed by atoms with E-state index in [0.29, 0.717) is 27.2 Å². The summed E-state index contributed by atoms with van der Waals surface area (Å²) >= 11 is 11.9. The zero-order valence-electron chi connectivity index (χ0n) is 11.9. The van der Waals surface area contributed by atoms with Crippen LogP contribution in [-0.2, 0) is 9.59 Å². The van der Waals surface area contributed by atoms with Crippen molar-refractivity contribution >= 4 is 40.8 Å². The molecule has 2 aromatic rings. The van der Waals surface area contributed by atoms with Crippen molar-refractivity contribution < 1.29 is 19.4 Å². The summed E-state index contributed by atoms with van der Waals surface area (Å²) in [5, 5.41) is 12.0. The quantitative estimate of drug-likeness (QED) is 0.796. The Kier molecular flexibility index (Phi) is 5.84. The van der Waals surface area contributed by atoms with Crippen LogP contribution in [0.1, 0.15) is 12.8 Å². The number of ether oxygens (including phenoxy) is 1. The summed E-state index contributed by atoms with van der Waals surface area (Å²) in [7, 11) is 0. The van der Waals surface area contributed by atoms with Gasteiger partial charge in [-0.3, -0.25) is 9.59 Å². The molecule has 0 aliphatic heterocycles. The highest BCUT2D eigenvalue weighted by Gasteiger charge is 2.09. The molecule has 1 amide bonds. The van der Waals surface area contributed by atoms with Crippen molar-refractivity contribution in [1.29, 1.82) is 0 Å². The van der Waals surface area contributed by atoms with E-state index in [2.05, 4.69) is 5.32 Å². The zero-order valence-corrected chi connectivity index (χ0v) is 13.4. The van der Waals surface area contributed by atoms with Gasteiger partial charge in [0.1, 0.15) is 11.5 Å². The van der Waals surface area contributed by atoms with Crippen molar-refractivity contribution in [2.45, 2.75) is 12.8 Å². The first kappa shape index (κ1) is 17.1. The van der Waals surface area contributed by atoms with Crippen molar-refractivity contribution in [1.82, 2.24) is 0 Å². The summed E-state index contributed by atoms with van der Waals surface area (Å²) in [6, 6.07) is 11.6. The van der Waals surface area contributed by atoms with Gasteiger partial charge >= 0.3 is 5.97 Å². The van der Waals surface area contributed by atoms with E-state index in [-0.39, 0.29) is 12.8 Å². The van der Waals surface area contributed by atoms with E-state index in [1.54, 1.807) is 36.4 Å². The molecule has 0 fully saturated rings. The molecule has 2 N–H and O–H groups in total. The van der Waals surface area contributed by atoms with E-state index < -0.39 is 11.9 Å². The van der Waals surface area contributed by atoms with Crippen LogP contribution in [0.2, 0.25) is 10.0 Å². The van der Waals surface area contributed by atoms with Gasteiger partial charge in [-0.2, -0.15) is 0 Å². The minimum Gasteiger partial charge on any atom is -0.481 e. The SMILES string of the molecule is O=C(O)CCC(=O)Nc1ccc(Oc2ccc(Cl)cc2)c(Cl)c1. The summed E-state index contributed by atoms with van der Waals surface area (Å²) in [5.74, 6) is -0.410. The highest BCUT2D eigenvalue weighted by molar-refractivity contribution is 6.32. The number of anilines is 1. The Balaban J connectivity index is 2.01. The van der Waals surface area contributed by atoms with Crippen LogP contribution in [0.5, 0.6) is 11.5 Å². The van der Waals surface area contributed by atoms with Crippen molar-refractivity contribution in [3.8, 4) is 11.5 Å². The molecule has 0 aliphatic carbocycles. The Bertz CT molecular complexity index is 717. The fraction of sp³-hybridized carbons (Fsp3) is 0.125. The Hall–Kier alpha value is -2.24. The van der Waals surface area contributed by atoms with Crippen LogP contribution in [0.3, 0.4) is 0 Å². The second-order valence-electron chi connectivity index (χ2n) is 4.64. The van der Waals surface area contributed by atoms with Gasteiger partial charge in [-0.05, 0) is 42.5 Å². The molecule has 5 nitrogen and oxygen atoms in total. The molecule has 0 atom stereocenters. The highest BCUT2D eigenvalue weighted by atomic mass is 35.5. The normalized spacial score (nSPS) is 10.2. The van der Waals surface area contributed by atoms with E-state index in [1.807, 2.05) is 0 Å². The van der Waals surface area contributed by atoms with Gasteiger partial charge in [0.2, 0.25) is 5.91 Å². The van der Waals surface area contributed by atoms with E-state index in [1.165, 1.54) is 6.07 Å². The van der Waals surface area contributed by atoms with Crippen LogP contribution in [0.15, 0.2) is 42.5 Å². The van der Waals surface area contributed by atoms with Crippen LogP contribution in [0, 0.1) is 0 Å². The molecule has 0 aliphatic rings. The molecular weight excluding hydrogens is 341 g/mol. The minimum atomic E-state index is -1.02. The van der Waals surface area contributed by atoms with Gasteiger partial charge in [-0.25, -0.2) is 0 Å². The maximum Gasteiger partial charge on any atom is 0.303 e. The van der Waals surface area contributed by atoms with Crippen molar-refractivity contribution in [3.05, 3.63) is 52.5 Å². The predicted octanol–water partition coefficient (Wildman–Crippen LogP) is 4.59. The average molecular weight is 354 g/mol. The van der Waals surface area contributed by atoms with Gasteiger partial charge in [0.15, 0.2) is 0 Å². The van der Waals surface area contributed by atoms with Gasteiger partial charge in [0, 0.05) is 17.1 Å². The van der Waals surface area contributed by atoms with E-state index >= 15 is 0 Å². The number of hydrogen-bond donors (Lipinski definition) is 2. The molecule has 7 heteroatoms. The summed E-state index contributed by atoms with van der Waals surface area (Å²) in [6.45, 7) is 0. The summed E-state index contributed by atoms with van der Waals surface area (Å²) in [6.07, 6.45) is -0.326. The zero-order chi connectivity index (χ0) is 16.8.